The summed E-state index contributed by atoms with van der Waals surface area (Å²) in [5.74, 6) is 0.213. The number of hydrogen-bond acceptors (Lipinski definition) is 5. The van der Waals surface area contributed by atoms with E-state index in [1.54, 1.807) is 18.2 Å². The molecule has 108 valence electrons. The minimum Gasteiger partial charge on any atom is -0.508 e. The van der Waals surface area contributed by atoms with Gasteiger partial charge in [-0.25, -0.2) is 0 Å². The molecule has 9 N–H and O–H groups in total. The monoisotopic (exact) mass is 298 g/mol. The van der Waals surface area contributed by atoms with E-state index in [0.29, 0.717) is 11.4 Å². The second-order valence-corrected chi connectivity index (χ2v) is 5.33. The number of phenolic OH excluding ortho intramolecular Hbond substituents is 1. The molecule has 0 radical (unpaired) electrons. The Bertz CT molecular complexity index is 684. The highest BCUT2D eigenvalue weighted by Crippen LogP contribution is 2.18. The minimum atomic E-state index is -4.17. The van der Waals surface area contributed by atoms with Crippen molar-refractivity contribution in [2.45, 2.75) is 4.90 Å². The van der Waals surface area contributed by atoms with Crippen LogP contribution in [0.3, 0.4) is 0 Å². The van der Waals surface area contributed by atoms with E-state index in [-0.39, 0.29) is 16.3 Å². The van der Waals surface area contributed by atoms with E-state index < -0.39 is 10.1 Å². The Balaban J connectivity index is 0.000000217. The maximum absolute atomic E-state index is 10.6. The van der Waals surface area contributed by atoms with Gasteiger partial charge in [0.25, 0.3) is 10.1 Å². The van der Waals surface area contributed by atoms with Crippen molar-refractivity contribution < 1.29 is 23.8 Å². The van der Waals surface area contributed by atoms with Gasteiger partial charge in [0.1, 0.15) is 5.75 Å². The van der Waals surface area contributed by atoms with Crippen LogP contribution in [0.15, 0.2) is 47.4 Å². The summed E-state index contributed by atoms with van der Waals surface area (Å²) in [5, 5.41) is 8.73. The number of rotatable bonds is 1. The second kappa shape index (κ2) is 6.24. The highest BCUT2D eigenvalue weighted by atomic mass is 32.2. The van der Waals surface area contributed by atoms with E-state index in [0.717, 1.165) is 0 Å². The zero-order valence-corrected chi connectivity index (χ0v) is 11.3. The van der Waals surface area contributed by atoms with Gasteiger partial charge in [-0.2, -0.15) is 8.42 Å². The van der Waals surface area contributed by atoms with Crippen molar-refractivity contribution in [2.24, 2.45) is 0 Å². The molecule has 2 aromatic carbocycles. The van der Waals surface area contributed by atoms with Crippen LogP contribution in [-0.2, 0) is 10.1 Å². The first-order valence-corrected chi connectivity index (χ1v) is 6.87. The van der Waals surface area contributed by atoms with Crippen molar-refractivity contribution in [3.63, 3.8) is 0 Å². The van der Waals surface area contributed by atoms with E-state index in [2.05, 4.69) is 5.73 Å². The summed E-state index contributed by atoms with van der Waals surface area (Å²) < 4.78 is 29.9. The lowest BCUT2D eigenvalue weighted by molar-refractivity contribution is -0.258. The van der Waals surface area contributed by atoms with Gasteiger partial charge in [0.2, 0.25) is 0 Å². The zero-order valence-electron chi connectivity index (χ0n) is 10.5. The summed E-state index contributed by atoms with van der Waals surface area (Å²) in [4.78, 5) is -0.211. The topological polar surface area (TPSA) is 154 Å². The lowest BCUT2D eigenvalue weighted by atomic mass is 10.3. The van der Waals surface area contributed by atoms with Crippen molar-refractivity contribution in [1.82, 2.24) is 0 Å². The number of nitrogens with two attached hydrogens (primary N) is 2. The molecule has 0 atom stereocenters. The molecule has 0 fully saturated rings. The highest BCUT2D eigenvalue weighted by molar-refractivity contribution is 7.86. The summed E-state index contributed by atoms with van der Waals surface area (Å²) in [6, 6.07) is 10.5. The quantitative estimate of drug-likeness (QED) is 0.378. The first-order chi connectivity index (χ1) is 9.20. The van der Waals surface area contributed by atoms with Gasteiger partial charge in [0, 0.05) is 23.5 Å². The van der Waals surface area contributed by atoms with E-state index in [9.17, 15) is 8.42 Å². The molecule has 0 heterocycles. The summed E-state index contributed by atoms with van der Waals surface area (Å²) in [5.41, 5.74) is 15.3. The number of hydrogen-bond donors (Lipinski definition) is 5. The predicted octanol–water partition coefficient (Wildman–Crippen LogP) is 0.363. The Morgan fingerprint density at radius 3 is 2.00 bits per heavy atom. The number of anilines is 2. The molecule has 0 aliphatic heterocycles. The third-order valence-electron chi connectivity index (χ3n) is 2.23. The van der Waals surface area contributed by atoms with Gasteiger partial charge in [-0.3, -0.25) is 4.55 Å². The Labute approximate surface area is 116 Å². The largest absolute Gasteiger partial charge is 0.508 e. The fourth-order valence-electron chi connectivity index (χ4n) is 1.38. The summed E-state index contributed by atoms with van der Waals surface area (Å²) >= 11 is 0. The molecule has 0 saturated carbocycles. The molecule has 2 rings (SSSR count). The van der Waals surface area contributed by atoms with Crippen LogP contribution in [0.5, 0.6) is 5.75 Å². The SMILES string of the molecule is Nc1ccc(S(=O)(=O)O)c([NH3+])c1.Nc1cccc(O)c1. The molecule has 0 saturated heterocycles. The fraction of sp³-hybridized carbons (Fsp3) is 0. The Kier molecular flexibility index (Phi) is 4.92. The van der Waals surface area contributed by atoms with Gasteiger partial charge in [-0.15, -0.1) is 0 Å². The minimum absolute atomic E-state index is 0.192. The maximum atomic E-state index is 10.6. The molecular weight excluding hydrogens is 282 g/mol. The van der Waals surface area contributed by atoms with Crippen LogP contribution in [0.4, 0.5) is 17.1 Å². The first kappa shape index (κ1) is 15.8. The lowest BCUT2D eigenvalue weighted by Crippen LogP contribution is -2.41. The maximum Gasteiger partial charge on any atom is 0.300 e. The van der Waals surface area contributed by atoms with Crippen molar-refractivity contribution in [3.05, 3.63) is 42.5 Å². The normalized spacial score (nSPS) is 10.5. The molecular formula is C12H16N3O4S+. The third-order valence-corrected chi connectivity index (χ3v) is 3.19. The van der Waals surface area contributed by atoms with Crippen LogP contribution in [0.25, 0.3) is 0 Å². The number of nitrogen functional groups attached to an aromatic ring is 2. The molecule has 7 nitrogen and oxygen atoms in total. The Morgan fingerprint density at radius 1 is 1.00 bits per heavy atom. The average molecular weight is 298 g/mol. The van der Waals surface area contributed by atoms with E-state index in [1.165, 1.54) is 24.3 Å². The van der Waals surface area contributed by atoms with Gasteiger partial charge in [-0.05, 0) is 24.3 Å². The highest BCUT2D eigenvalue weighted by Gasteiger charge is 2.15. The molecule has 0 aliphatic carbocycles. The lowest BCUT2D eigenvalue weighted by Gasteiger charge is -1.98. The molecule has 0 amide bonds. The molecule has 2 aromatic rings. The third kappa shape index (κ3) is 4.76. The Morgan fingerprint density at radius 2 is 1.60 bits per heavy atom. The van der Waals surface area contributed by atoms with E-state index in [1.807, 2.05) is 0 Å². The predicted molar refractivity (Wildman–Crippen MR) is 75.7 cm³/mol. The smallest absolute Gasteiger partial charge is 0.300 e. The molecule has 0 unspecified atom stereocenters. The molecule has 0 aromatic heterocycles. The van der Waals surface area contributed by atoms with Crippen LogP contribution in [0, 0.1) is 0 Å². The van der Waals surface area contributed by atoms with Crippen molar-refractivity contribution in [1.29, 1.82) is 0 Å². The number of aromatic hydroxyl groups is 1. The Hall–Kier alpha value is -2.29. The van der Waals surface area contributed by atoms with Crippen molar-refractivity contribution in [2.75, 3.05) is 11.5 Å². The van der Waals surface area contributed by atoms with Crippen molar-refractivity contribution >= 4 is 27.2 Å². The van der Waals surface area contributed by atoms with Gasteiger partial charge < -0.3 is 22.3 Å². The molecule has 0 spiro atoms. The molecule has 0 bridgehead atoms. The number of quaternary nitrogens is 1. The molecule has 0 aliphatic rings. The summed E-state index contributed by atoms with van der Waals surface area (Å²) in [7, 11) is -4.17. The van der Waals surface area contributed by atoms with Crippen molar-refractivity contribution in [3.8, 4) is 5.75 Å². The van der Waals surface area contributed by atoms with Crippen LogP contribution in [0.2, 0.25) is 0 Å². The summed E-state index contributed by atoms with van der Waals surface area (Å²) in [6.45, 7) is 0. The van der Waals surface area contributed by atoms with Crippen LogP contribution in [0.1, 0.15) is 0 Å². The van der Waals surface area contributed by atoms with E-state index in [4.69, 9.17) is 21.1 Å². The summed E-state index contributed by atoms with van der Waals surface area (Å²) in [6.07, 6.45) is 0. The number of benzene rings is 2. The van der Waals surface area contributed by atoms with Gasteiger partial charge in [0.05, 0.1) is 0 Å². The zero-order chi connectivity index (χ0) is 15.3. The van der Waals surface area contributed by atoms with Gasteiger partial charge >= 0.3 is 0 Å². The van der Waals surface area contributed by atoms with Crippen LogP contribution in [-0.4, -0.2) is 18.1 Å². The molecule has 20 heavy (non-hydrogen) atoms. The van der Waals surface area contributed by atoms with Crippen LogP contribution < -0.4 is 17.2 Å². The average Bonchev–Trinajstić information content (AvgIpc) is 2.27. The van der Waals surface area contributed by atoms with Crippen LogP contribution >= 0.6 is 0 Å². The fourth-order valence-corrected chi connectivity index (χ4v) is 2.01. The standard InChI is InChI=1S/C6H8N2O3S.C6H7NO/c7-4-1-2-6(5(8)3-4)12(9,10)11;7-5-2-1-3-6(8)4-5/h1-3H,7-8H2,(H,9,10,11);1-4,8H,7H2/p+1. The first-order valence-electron chi connectivity index (χ1n) is 5.43. The van der Waals surface area contributed by atoms with E-state index >= 15 is 0 Å². The second-order valence-electron chi connectivity index (χ2n) is 3.94. The van der Waals surface area contributed by atoms with Gasteiger partial charge in [0.15, 0.2) is 10.6 Å². The van der Waals surface area contributed by atoms with Gasteiger partial charge in [-0.1, -0.05) is 6.07 Å². The number of phenols is 1. The molecule has 8 heteroatoms.